The van der Waals surface area contributed by atoms with Gasteiger partial charge in [-0.2, -0.15) is 0 Å². The van der Waals surface area contributed by atoms with Gasteiger partial charge in [-0.3, -0.25) is 0 Å². The van der Waals surface area contributed by atoms with Crippen molar-refractivity contribution >= 4 is 12.7 Å². The van der Waals surface area contributed by atoms with E-state index in [1.807, 2.05) is 0 Å². The zero-order valence-corrected chi connectivity index (χ0v) is 10.6. The lowest BCUT2D eigenvalue weighted by Gasteiger charge is -2.27. The molecule has 0 spiro atoms. The monoisotopic (exact) mass is 214 g/mol. The Morgan fingerprint density at radius 2 is 1.88 bits per heavy atom. The second-order valence-corrected chi connectivity index (χ2v) is 5.35. The van der Waals surface area contributed by atoms with Gasteiger partial charge < -0.3 is 9.62 Å². The van der Waals surface area contributed by atoms with Crippen molar-refractivity contribution in [2.24, 2.45) is 5.41 Å². The van der Waals surface area contributed by atoms with Crippen molar-refractivity contribution in [3.8, 4) is 0 Å². The van der Waals surface area contributed by atoms with Crippen molar-refractivity contribution in [1.82, 2.24) is 4.81 Å². The quantitative estimate of drug-likeness (QED) is 0.698. The van der Waals surface area contributed by atoms with Gasteiger partial charge in [0.2, 0.25) is 0 Å². The molecule has 0 bridgehead atoms. The minimum Gasteiger partial charge on any atom is -0.391 e. The molecule has 16 heavy (non-hydrogen) atoms. The molecule has 1 fully saturated rings. The summed E-state index contributed by atoms with van der Waals surface area (Å²) in [6.07, 6.45) is 1.12. The van der Waals surface area contributed by atoms with Crippen LogP contribution in [-0.2, 0) is 0 Å². The molecule has 0 atom stereocenters. The van der Waals surface area contributed by atoms with E-state index in [9.17, 15) is 0 Å². The van der Waals surface area contributed by atoms with Crippen molar-refractivity contribution in [2.45, 2.75) is 20.2 Å². The molecule has 3 heteroatoms. The van der Waals surface area contributed by atoms with Crippen molar-refractivity contribution in [1.29, 1.82) is 0 Å². The van der Waals surface area contributed by atoms with Crippen molar-refractivity contribution in [3.63, 3.8) is 0 Å². The van der Waals surface area contributed by atoms with Gasteiger partial charge in [-0.1, -0.05) is 32.0 Å². The number of anilines is 1. The molecule has 0 N–H and O–H groups in total. The van der Waals surface area contributed by atoms with Crippen LogP contribution < -0.4 is 4.81 Å². The van der Waals surface area contributed by atoms with Crippen LogP contribution in [0.2, 0.25) is 6.32 Å². The molecule has 2 radical (unpaired) electrons. The van der Waals surface area contributed by atoms with E-state index in [1.165, 1.54) is 5.69 Å². The van der Waals surface area contributed by atoms with Crippen LogP contribution in [0.1, 0.15) is 13.8 Å². The lowest BCUT2D eigenvalue weighted by molar-refractivity contribution is 0.504. The van der Waals surface area contributed by atoms with E-state index in [0.29, 0.717) is 6.98 Å². The molecule has 1 saturated heterocycles. The van der Waals surface area contributed by atoms with Gasteiger partial charge in [-0.15, -0.1) is 0 Å². The van der Waals surface area contributed by atoms with E-state index >= 15 is 0 Å². The molecule has 2 nitrogen and oxygen atoms in total. The molecule has 1 aromatic carbocycles. The lowest BCUT2D eigenvalue weighted by atomic mass is 9.66. The predicted molar refractivity (Wildman–Crippen MR) is 70.2 cm³/mol. The Bertz CT molecular complexity index is 348. The Labute approximate surface area is 99.4 Å². The van der Waals surface area contributed by atoms with Gasteiger partial charge in [0.1, 0.15) is 0 Å². The lowest BCUT2D eigenvalue weighted by Crippen LogP contribution is -2.44. The minimum absolute atomic E-state index is 0.158. The highest BCUT2D eigenvalue weighted by Crippen LogP contribution is 2.39. The summed E-state index contributed by atoms with van der Waals surface area (Å²) in [4.78, 5) is 4.52. The van der Waals surface area contributed by atoms with Gasteiger partial charge in [-0.25, -0.2) is 0 Å². The standard InChI is InChI=1S/C13H19BN2/c1-13(2)10-14(15(3)4)16(11-13)12-8-6-5-7-9-12/h5-9H,10H2,1-4H3. The summed E-state index contributed by atoms with van der Waals surface area (Å²) in [5.74, 6) is 0. The van der Waals surface area contributed by atoms with Crippen molar-refractivity contribution < 1.29 is 0 Å². The average Bonchev–Trinajstić information content (AvgIpc) is 2.56. The van der Waals surface area contributed by atoms with E-state index in [0.717, 1.165) is 6.32 Å². The Kier molecular flexibility index (Phi) is 2.98. The first-order valence-electron chi connectivity index (χ1n) is 5.78. The van der Waals surface area contributed by atoms with Crippen LogP contribution in [0, 0.1) is 12.0 Å². The van der Waals surface area contributed by atoms with Crippen LogP contribution in [0.3, 0.4) is 0 Å². The van der Waals surface area contributed by atoms with Gasteiger partial charge in [0.15, 0.2) is 0 Å². The maximum atomic E-state index is 3.57. The second kappa shape index (κ2) is 4.13. The predicted octanol–water partition coefficient (Wildman–Crippen LogP) is 2.62. The summed E-state index contributed by atoms with van der Waals surface area (Å²) < 4.78 is 0. The molecular weight excluding hydrogens is 195 g/mol. The fraction of sp³-hybridized carbons (Fsp3) is 0.462. The largest absolute Gasteiger partial charge is 0.391 e. The number of para-hydroxylation sites is 1. The number of rotatable bonds is 2. The fourth-order valence-corrected chi connectivity index (χ4v) is 2.23. The van der Waals surface area contributed by atoms with Crippen LogP contribution in [-0.4, -0.2) is 25.9 Å². The summed E-state index contributed by atoms with van der Waals surface area (Å²) in [5.41, 5.74) is 1.39. The summed E-state index contributed by atoms with van der Waals surface area (Å²) in [5, 5.41) is 0. The molecule has 84 valence electrons. The smallest absolute Gasteiger partial charge is 0.343 e. The molecule has 0 aromatic heterocycles. The first kappa shape index (κ1) is 11.5. The van der Waals surface area contributed by atoms with Gasteiger partial charge in [0.25, 0.3) is 0 Å². The maximum absolute atomic E-state index is 3.57. The first-order valence-corrected chi connectivity index (χ1v) is 5.78. The SMILES string of the molecule is CN(C)B1CC(C)(C)[C]N1c1ccccc1. The summed E-state index contributed by atoms with van der Waals surface area (Å²) in [7, 11) is 4.26. The summed E-state index contributed by atoms with van der Waals surface area (Å²) >= 11 is 0. The molecule has 1 heterocycles. The minimum atomic E-state index is 0.158. The zero-order valence-electron chi connectivity index (χ0n) is 10.6. The van der Waals surface area contributed by atoms with Crippen molar-refractivity contribution in [2.75, 3.05) is 18.9 Å². The first-order chi connectivity index (χ1) is 7.49. The molecule has 0 aliphatic carbocycles. The van der Waals surface area contributed by atoms with Crippen LogP contribution in [0.15, 0.2) is 30.3 Å². The van der Waals surface area contributed by atoms with Gasteiger partial charge in [0, 0.05) is 5.69 Å². The van der Waals surface area contributed by atoms with Crippen LogP contribution in [0.5, 0.6) is 0 Å². The normalized spacial score (nSPS) is 19.6. The van der Waals surface area contributed by atoms with E-state index in [4.69, 9.17) is 0 Å². The zero-order chi connectivity index (χ0) is 11.8. The highest BCUT2D eigenvalue weighted by atomic mass is 15.2. The number of hydrogen-bond acceptors (Lipinski definition) is 2. The van der Waals surface area contributed by atoms with Gasteiger partial charge in [0.05, 0.1) is 6.54 Å². The van der Waals surface area contributed by atoms with Gasteiger partial charge >= 0.3 is 6.98 Å². The topological polar surface area (TPSA) is 6.48 Å². The fourth-order valence-electron chi connectivity index (χ4n) is 2.23. The number of benzene rings is 1. The van der Waals surface area contributed by atoms with E-state index in [-0.39, 0.29) is 5.41 Å². The molecule has 0 saturated carbocycles. The Morgan fingerprint density at radius 3 is 2.44 bits per heavy atom. The van der Waals surface area contributed by atoms with E-state index in [1.54, 1.807) is 0 Å². The highest BCUT2D eigenvalue weighted by molar-refractivity contribution is 6.62. The summed E-state index contributed by atoms with van der Waals surface area (Å²) in [6, 6.07) is 10.5. The highest BCUT2D eigenvalue weighted by Gasteiger charge is 2.43. The van der Waals surface area contributed by atoms with Crippen LogP contribution >= 0.6 is 0 Å². The second-order valence-electron chi connectivity index (χ2n) is 5.35. The third-order valence-electron chi connectivity index (χ3n) is 3.04. The number of nitrogens with zero attached hydrogens (tertiary/aromatic N) is 2. The third-order valence-corrected chi connectivity index (χ3v) is 3.04. The van der Waals surface area contributed by atoms with E-state index < -0.39 is 0 Å². The van der Waals surface area contributed by atoms with E-state index in [2.05, 4.69) is 74.4 Å². The average molecular weight is 214 g/mol. The molecule has 0 unspecified atom stereocenters. The molecular formula is C13H19BN2. The third kappa shape index (κ3) is 2.24. The van der Waals surface area contributed by atoms with Gasteiger partial charge in [-0.05, 0) is 38.0 Å². The Balaban J connectivity index is 2.26. The Hall–Kier alpha value is -0.955. The summed E-state index contributed by atoms with van der Waals surface area (Å²) in [6.45, 7) is 8.47. The van der Waals surface area contributed by atoms with Crippen LogP contribution in [0.25, 0.3) is 0 Å². The van der Waals surface area contributed by atoms with Crippen molar-refractivity contribution in [3.05, 3.63) is 36.9 Å². The maximum Gasteiger partial charge on any atom is 0.343 e. The molecule has 0 amide bonds. The molecule has 1 aliphatic heterocycles. The Morgan fingerprint density at radius 1 is 1.25 bits per heavy atom. The number of hydrogen-bond donors (Lipinski definition) is 0. The molecule has 2 rings (SSSR count). The molecule has 1 aromatic rings. The molecule has 1 aliphatic rings. The van der Waals surface area contributed by atoms with Crippen LogP contribution in [0.4, 0.5) is 5.69 Å².